The third-order valence-electron chi connectivity index (χ3n) is 5.42. The Morgan fingerprint density at radius 3 is 2.62 bits per heavy atom. The van der Waals surface area contributed by atoms with Crippen LogP contribution < -0.4 is 21.3 Å². The summed E-state index contributed by atoms with van der Waals surface area (Å²) in [6, 6.07) is 8.63. The van der Waals surface area contributed by atoms with E-state index in [1.54, 1.807) is 54.5 Å². The van der Waals surface area contributed by atoms with E-state index < -0.39 is 15.1 Å². The normalized spacial score (nSPS) is 14.3. The first-order valence-electron chi connectivity index (χ1n) is 11.4. The van der Waals surface area contributed by atoms with Crippen LogP contribution in [0.2, 0.25) is 5.02 Å². The molecule has 0 saturated carbocycles. The summed E-state index contributed by atoms with van der Waals surface area (Å²) >= 11 is 7.39. The average Bonchev–Trinajstić information content (AvgIpc) is 3.31. The van der Waals surface area contributed by atoms with E-state index in [0.717, 1.165) is 11.3 Å². The van der Waals surface area contributed by atoms with Gasteiger partial charge in [0.25, 0.3) is 0 Å². The Labute approximate surface area is 223 Å². The third-order valence-corrected chi connectivity index (χ3v) is 9.36. The molecule has 2 aromatic heterocycles. The lowest BCUT2D eigenvalue weighted by Crippen LogP contribution is -2.49. The van der Waals surface area contributed by atoms with Crippen molar-refractivity contribution in [2.45, 2.75) is 23.3 Å². The molecule has 1 saturated heterocycles. The summed E-state index contributed by atoms with van der Waals surface area (Å²) < 4.78 is 25.5. The fourth-order valence-electron chi connectivity index (χ4n) is 3.46. The Balaban J connectivity index is 1.40. The van der Waals surface area contributed by atoms with Gasteiger partial charge >= 0.3 is 0 Å². The van der Waals surface area contributed by atoms with Crippen molar-refractivity contribution in [1.82, 2.24) is 20.2 Å². The van der Waals surface area contributed by atoms with Crippen molar-refractivity contribution in [2.75, 3.05) is 42.1 Å². The van der Waals surface area contributed by atoms with Gasteiger partial charge in [0.15, 0.2) is 15.7 Å². The highest BCUT2D eigenvalue weighted by Gasteiger charge is 2.25. The fraction of sp³-hybridized carbons (Fsp3) is 0.304. The van der Waals surface area contributed by atoms with Crippen molar-refractivity contribution in [3.8, 4) is 0 Å². The highest BCUT2D eigenvalue weighted by molar-refractivity contribution is 7.94. The van der Waals surface area contributed by atoms with Gasteiger partial charge in [-0.05, 0) is 49.6 Å². The van der Waals surface area contributed by atoms with E-state index in [2.05, 4.69) is 31.2 Å². The second-order valence-electron chi connectivity index (χ2n) is 8.54. The second kappa shape index (κ2) is 11.4. The predicted molar refractivity (Wildman–Crippen MR) is 145 cm³/mol. The molecule has 3 heterocycles. The molecule has 0 aliphatic carbocycles. The number of nitrogens with zero attached hydrogens (tertiary/aromatic N) is 3. The zero-order valence-corrected chi connectivity index (χ0v) is 22.5. The lowest BCUT2D eigenvalue weighted by atomic mass is 10.2. The molecule has 37 heavy (non-hydrogen) atoms. The van der Waals surface area contributed by atoms with E-state index in [1.807, 2.05) is 0 Å². The molecule has 4 N–H and O–H groups in total. The van der Waals surface area contributed by atoms with Crippen LogP contribution in [0.4, 0.5) is 28.8 Å². The number of anilines is 5. The van der Waals surface area contributed by atoms with Gasteiger partial charge in [0.2, 0.25) is 17.8 Å². The Kier molecular flexibility index (Phi) is 8.27. The summed E-state index contributed by atoms with van der Waals surface area (Å²) in [5.41, 5.74) is 1.67. The first-order chi connectivity index (χ1) is 17.6. The van der Waals surface area contributed by atoms with Crippen LogP contribution in [0.1, 0.15) is 13.8 Å². The number of aromatic nitrogens is 2. The van der Waals surface area contributed by atoms with E-state index in [4.69, 9.17) is 11.6 Å². The molecule has 4 rings (SSSR count). The summed E-state index contributed by atoms with van der Waals surface area (Å²) in [5, 5.41) is 13.0. The van der Waals surface area contributed by atoms with Crippen LogP contribution in [0.5, 0.6) is 0 Å². The maximum absolute atomic E-state index is 12.7. The number of nitrogens with one attached hydrogen (secondary N) is 4. The largest absolute Gasteiger partial charge is 0.354 e. The average molecular weight is 564 g/mol. The fourth-order valence-corrected chi connectivity index (χ4v) is 6.31. The molecule has 14 heteroatoms. The number of rotatable bonds is 9. The number of piperazine rings is 1. The number of sulfone groups is 1. The van der Waals surface area contributed by atoms with Gasteiger partial charge in [-0.1, -0.05) is 11.6 Å². The van der Waals surface area contributed by atoms with E-state index >= 15 is 0 Å². The molecule has 0 bridgehead atoms. The number of hydrogen-bond donors (Lipinski definition) is 4. The lowest BCUT2D eigenvalue weighted by molar-refractivity contribution is -0.125. The molecule has 0 atom stereocenters. The van der Waals surface area contributed by atoms with Crippen LogP contribution in [0.15, 0.2) is 46.1 Å². The number of halogens is 1. The monoisotopic (exact) mass is 563 g/mol. The van der Waals surface area contributed by atoms with Gasteiger partial charge in [-0.25, -0.2) is 13.4 Å². The standard InChI is InChI=1S/C23H26ClN7O4S2/c1-14(2)37(34,35)22-18(7-10-36-22)29-21-17(24)11-26-23(30-21)28-16-5-3-15(4-6-16)27-20(33)13-31-9-8-25-19(32)12-31/h3-7,10-11,14H,8-9,12-13H2,1-2H3,(H,25,32)(H,27,33)(H2,26,28,29,30). The smallest absolute Gasteiger partial charge is 0.238 e. The highest BCUT2D eigenvalue weighted by atomic mass is 35.5. The van der Waals surface area contributed by atoms with E-state index in [0.29, 0.717) is 30.2 Å². The number of carbonyl (C=O) groups excluding carboxylic acids is 2. The Hall–Kier alpha value is -3.26. The summed E-state index contributed by atoms with van der Waals surface area (Å²) in [5.74, 6) is 0.205. The van der Waals surface area contributed by atoms with Crippen LogP contribution in [0, 0.1) is 0 Å². The van der Waals surface area contributed by atoms with Crippen molar-refractivity contribution in [2.24, 2.45) is 0 Å². The van der Waals surface area contributed by atoms with Crippen molar-refractivity contribution in [3.05, 3.63) is 46.9 Å². The molecule has 11 nitrogen and oxygen atoms in total. The Morgan fingerprint density at radius 2 is 1.92 bits per heavy atom. The van der Waals surface area contributed by atoms with Crippen LogP contribution in [0.3, 0.4) is 0 Å². The number of thiophene rings is 1. The van der Waals surface area contributed by atoms with E-state index in [1.165, 1.54) is 6.20 Å². The number of carbonyl (C=O) groups is 2. The molecular weight excluding hydrogens is 538 g/mol. The zero-order chi connectivity index (χ0) is 26.6. The van der Waals surface area contributed by atoms with Crippen molar-refractivity contribution >= 4 is 73.4 Å². The molecule has 0 spiro atoms. The SMILES string of the molecule is CC(C)S(=O)(=O)c1sccc1Nc1nc(Nc2ccc(NC(=O)CN3CCNC(=O)C3)cc2)ncc1Cl. The molecular formula is C23H26ClN7O4S2. The first kappa shape index (κ1) is 26.8. The molecule has 1 aliphatic rings. The molecule has 1 aromatic carbocycles. The van der Waals surface area contributed by atoms with E-state index in [9.17, 15) is 18.0 Å². The highest BCUT2D eigenvalue weighted by Crippen LogP contribution is 2.34. The summed E-state index contributed by atoms with van der Waals surface area (Å²) in [4.78, 5) is 34.1. The Bertz CT molecular complexity index is 1390. The maximum atomic E-state index is 12.7. The van der Waals surface area contributed by atoms with E-state index in [-0.39, 0.29) is 45.9 Å². The molecule has 0 radical (unpaired) electrons. The predicted octanol–water partition coefficient (Wildman–Crippen LogP) is 3.23. The van der Waals surface area contributed by atoms with Gasteiger partial charge in [0.1, 0.15) is 9.23 Å². The third kappa shape index (κ3) is 6.74. The van der Waals surface area contributed by atoms with Crippen molar-refractivity contribution < 1.29 is 18.0 Å². The first-order valence-corrected chi connectivity index (χ1v) is 14.2. The van der Waals surface area contributed by atoms with Gasteiger partial charge in [0, 0.05) is 24.5 Å². The van der Waals surface area contributed by atoms with Crippen molar-refractivity contribution in [3.63, 3.8) is 0 Å². The molecule has 196 valence electrons. The van der Waals surface area contributed by atoms with Gasteiger partial charge < -0.3 is 21.3 Å². The van der Waals surface area contributed by atoms with Crippen LogP contribution in [-0.4, -0.2) is 66.5 Å². The summed E-state index contributed by atoms with van der Waals surface area (Å²) in [7, 11) is -3.48. The number of hydrogen-bond acceptors (Lipinski definition) is 10. The van der Waals surface area contributed by atoms with Gasteiger partial charge in [-0.3, -0.25) is 14.5 Å². The molecule has 0 unspecified atom stereocenters. The molecule has 1 fully saturated rings. The maximum Gasteiger partial charge on any atom is 0.238 e. The van der Waals surface area contributed by atoms with Crippen LogP contribution in [0.25, 0.3) is 0 Å². The number of amides is 2. The minimum atomic E-state index is -3.48. The van der Waals surface area contributed by atoms with Crippen LogP contribution in [-0.2, 0) is 19.4 Å². The second-order valence-corrected chi connectivity index (χ2v) is 12.6. The van der Waals surface area contributed by atoms with Crippen LogP contribution >= 0.6 is 22.9 Å². The van der Waals surface area contributed by atoms with Gasteiger partial charge in [-0.2, -0.15) is 4.98 Å². The Morgan fingerprint density at radius 1 is 1.19 bits per heavy atom. The zero-order valence-electron chi connectivity index (χ0n) is 20.1. The topological polar surface area (TPSA) is 145 Å². The molecule has 1 aliphatic heterocycles. The van der Waals surface area contributed by atoms with Gasteiger partial charge in [0.05, 0.1) is 30.2 Å². The summed E-state index contributed by atoms with van der Waals surface area (Å²) in [6.07, 6.45) is 1.41. The summed E-state index contributed by atoms with van der Waals surface area (Å²) in [6.45, 7) is 4.75. The lowest BCUT2D eigenvalue weighted by Gasteiger charge is -2.25. The van der Waals surface area contributed by atoms with Gasteiger partial charge in [-0.15, -0.1) is 11.3 Å². The quantitative estimate of drug-likeness (QED) is 0.308. The minimum absolute atomic E-state index is 0.0893. The minimum Gasteiger partial charge on any atom is -0.354 e. The van der Waals surface area contributed by atoms with Crippen molar-refractivity contribution in [1.29, 1.82) is 0 Å². The number of benzene rings is 1. The molecule has 2 amide bonds. The molecule has 3 aromatic rings.